The molecule has 0 saturated heterocycles. The summed E-state index contributed by atoms with van der Waals surface area (Å²) in [6.07, 6.45) is 12.4. The number of nitrogens with two attached hydrogens (primary N) is 1. The van der Waals surface area contributed by atoms with E-state index in [9.17, 15) is 0 Å². The molecule has 0 spiro atoms. The molecule has 0 radical (unpaired) electrons. The average molecular weight is 226 g/mol. The van der Waals surface area contributed by atoms with Crippen LogP contribution in [0.1, 0.15) is 64.7 Å². The van der Waals surface area contributed by atoms with Crippen LogP contribution in [0.25, 0.3) is 0 Å². The van der Waals surface area contributed by atoms with Gasteiger partial charge in [0.1, 0.15) is 0 Å². The van der Waals surface area contributed by atoms with Gasteiger partial charge in [-0.1, -0.05) is 51.9 Å². The van der Waals surface area contributed by atoms with Crippen LogP contribution in [-0.2, 0) is 0 Å². The van der Waals surface area contributed by atoms with Gasteiger partial charge in [-0.2, -0.15) is 0 Å². The van der Waals surface area contributed by atoms with Gasteiger partial charge < -0.3 is 11.1 Å². The molecule has 3 N–H and O–H groups in total. The van der Waals surface area contributed by atoms with E-state index in [0.29, 0.717) is 6.04 Å². The Morgan fingerprint density at radius 2 is 2.06 bits per heavy atom. The molecule has 96 valence electrons. The lowest BCUT2D eigenvalue weighted by atomic mass is 9.83. The molecule has 1 aliphatic carbocycles. The maximum Gasteiger partial charge on any atom is 0.0190 e. The van der Waals surface area contributed by atoms with Crippen molar-refractivity contribution in [3.63, 3.8) is 0 Å². The van der Waals surface area contributed by atoms with Gasteiger partial charge in [0.05, 0.1) is 0 Å². The first-order chi connectivity index (χ1) is 7.86. The standard InChI is InChI=1S/C14H30N2/c1-2-3-4-5-9-14(12-15)16-11-10-13-7-6-8-13/h13-14,16H,2-12,15H2,1H3. The molecule has 16 heavy (non-hydrogen) atoms. The van der Waals surface area contributed by atoms with Crippen LogP contribution in [0.2, 0.25) is 0 Å². The minimum atomic E-state index is 0.567. The van der Waals surface area contributed by atoms with Gasteiger partial charge in [-0.15, -0.1) is 0 Å². The maximum atomic E-state index is 5.79. The molecule has 0 aliphatic heterocycles. The smallest absolute Gasteiger partial charge is 0.0190 e. The van der Waals surface area contributed by atoms with E-state index in [1.807, 2.05) is 0 Å². The van der Waals surface area contributed by atoms with Crippen LogP contribution in [0.5, 0.6) is 0 Å². The zero-order valence-corrected chi connectivity index (χ0v) is 11.0. The van der Waals surface area contributed by atoms with Crippen molar-refractivity contribution in [2.24, 2.45) is 11.7 Å². The molecule has 1 unspecified atom stereocenters. The van der Waals surface area contributed by atoms with E-state index in [2.05, 4.69) is 12.2 Å². The Bertz CT molecular complexity index is 155. The van der Waals surface area contributed by atoms with Crippen LogP contribution >= 0.6 is 0 Å². The SMILES string of the molecule is CCCCCCC(CN)NCCC1CCC1. The van der Waals surface area contributed by atoms with Crippen molar-refractivity contribution >= 4 is 0 Å². The summed E-state index contributed by atoms with van der Waals surface area (Å²) in [7, 11) is 0. The van der Waals surface area contributed by atoms with E-state index in [4.69, 9.17) is 5.73 Å². The summed E-state index contributed by atoms with van der Waals surface area (Å²) in [5.41, 5.74) is 5.79. The van der Waals surface area contributed by atoms with Crippen molar-refractivity contribution in [3.05, 3.63) is 0 Å². The third kappa shape index (κ3) is 5.86. The van der Waals surface area contributed by atoms with E-state index >= 15 is 0 Å². The summed E-state index contributed by atoms with van der Waals surface area (Å²) in [6, 6.07) is 0.567. The summed E-state index contributed by atoms with van der Waals surface area (Å²) in [4.78, 5) is 0. The molecule has 2 nitrogen and oxygen atoms in total. The van der Waals surface area contributed by atoms with E-state index in [-0.39, 0.29) is 0 Å². The molecule has 0 aromatic rings. The Labute approximate surface area is 101 Å². The fourth-order valence-electron chi connectivity index (χ4n) is 2.39. The van der Waals surface area contributed by atoms with Gasteiger partial charge in [0.2, 0.25) is 0 Å². The third-order valence-electron chi connectivity index (χ3n) is 3.90. The van der Waals surface area contributed by atoms with Crippen molar-refractivity contribution in [1.29, 1.82) is 0 Å². The van der Waals surface area contributed by atoms with Gasteiger partial charge in [0, 0.05) is 12.6 Å². The molecule has 0 heterocycles. The topological polar surface area (TPSA) is 38.0 Å². The van der Waals surface area contributed by atoms with E-state index in [1.165, 1.54) is 64.3 Å². The van der Waals surface area contributed by atoms with E-state index < -0.39 is 0 Å². The van der Waals surface area contributed by atoms with Crippen molar-refractivity contribution in [3.8, 4) is 0 Å². The molecular weight excluding hydrogens is 196 g/mol. The van der Waals surface area contributed by atoms with Crippen LogP contribution < -0.4 is 11.1 Å². The van der Waals surface area contributed by atoms with Crippen LogP contribution in [0, 0.1) is 5.92 Å². The largest absolute Gasteiger partial charge is 0.329 e. The van der Waals surface area contributed by atoms with Crippen LogP contribution in [-0.4, -0.2) is 19.1 Å². The zero-order chi connectivity index (χ0) is 11.6. The van der Waals surface area contributed by atoms with Gasteiger partial charge in [-0.05, 0) is 25.3 Å². The predicted molar refractivity (Wildman–Crippen MR) is 71.6 cm³/mol. The molecule has 1 aliphatic rings. The fraction of sp³-hybridized carbons (Fsp3) is 1.00. The fourth-order valence-corrected chi connectivity index (χ4v) is 2.39. The van der Waals surface area contributed by atoms with E-state index in [1.54, 1.807) is 0 Å². The van der Waals surface area contributed by atoms with Gasteiger partial charge >= 0.3 is 0 Å². The predicted octanol–water partition coefficient (Wildman–Crippen LogP) is 3.06. The molecule has 1 rings (SSSR count). The van der Waals surface area contributed by atoms with E-state index in [0.717, 1.165) is 12.5 Å². The summed E-state index contributed by atoms with van der Waals surface area (Å²) in [6.45, 7) is 4.24. The molecule has 0 bridgehead atoms. The molecular formula is C14H30N2. The second-order valence-corrected chi connectivity index (χ2v) is 5.32. The quantitative estimate of drug-likeness (QED) is 0.562. The molecule has 1 saturated carbocycles. The Morgan fingerprint density at radius 3 is 2.62 bits per heavy atom. The van der Waals surface area contributed by atoms with Gasteiger partial charge in [0.25, 0.3) is 0 Å². The molecule has 0 aromatic carbocycles. The minimum absolute atomic E-state index is 0.567. The highest BCUT2D eigenvalue weighted by atomic mass is 14.9. The number of unbranched alkanes of at least 4 members (excludes halogenated alkanes) is 3. The normalized spacial score (nSPS) is 18.4. The highest BCUT2D eigenvalue weighted by Gasteiger charge is 2.16. The van der Waals surface area contributed by atoms with Crippen molar-refractivity contribution < 1.29 is 0 Å². The lowest BCUT2D eigenvalue weighted by Gasteiger charge is -2.26. The first-order valence-electron chi connectivity index (χ1n) is 7.30. The van der Waals surface area contributed by atoms with Crippen LogP contribution in [0.4, 0.5) is 0 Å². The summed E-state index contributed by atoms with van der Waals surface area (Å²) in [5, 5.41) is 3.62. The van der Waals surface area contributed by atoms with Crippen molar-refractivity contribution in [1.82, 2.24) is 5.32 Å². The first kappa shape index (κ1) is 14.0. The molecule has 0 aromatic heterocycles. The first-order valence-corrected chi connectivity index (χ1v) is 7.30. The highest BCUT2D eigenvalue weighted by molar-refractivity contribution is 4.73. The summed E-state index contributed by atoms with van der Waals surface area (Å²) in [5.74, 6) is 1.02. The Balaban J connectivity index is 1.92. The highest BCUT2D eigenvalue weighted by Crippen LogP contribution is 2.28. The summed E-state index contributed by atoms with van der Waals surface area (Å²) < 4.78 is 0. The zero-order valence-electron chi connectivity index (χ0n) is 11.0. The van der Waals surface area contributed by atoms with Gasteiger partial charge in [-0.3, -0.25) is 0 Å². The minimum Gasteiger partial charge on any atom is -0.329 e. The average Bonchev–Trinajstić information content (AvgIpc) is 2.24. The maximum absolute atomic E-state index is 5.79. The Hall–Kier alpha value is -0.0800. The van der Waals surface area contributed by atoms with Crippen molar-refractivity contribution in [2.45, 2.75) is 70.8 Å². The molecule has 1 fully saturated rings. The second-order valence-electron chi connectivity index (χ2n) is 5.32. The Kier molecular flexibility index (Phi) is 7.87. The number of nitrogens with one attached hydrogen (secondary N) is 1. The number of hydrogen-bond donors (Lipinski definition) is 2. The van der Waals surface area contributed by atoms with Gasteiger partial charge in [0.15, 0.2) is 0 Å². The Morgan fingerprint density at radius 1 is 1.25 bits per heavy atom. The lowest BCUT2D eigenvalue weighted by Crippen LogP contribution is -2.37. The van der Waals surface area contributed by atoms with Crippen LogP contribution in [0.3, 0.4) is 0 Å². The molecule has 1 atom stereocenters. The number of rotatable bonds is 10. The summed E-state index contributed by atoms with van der Waals surface area (Å²) >= 11 is 0. The third-order valence-corrected chi connectivity index (χ3v) is 3.90. The molecule has 2 heteroatoms. The van der Waals surface area contributed by atoms with Gasteiger partial charge in [-0.25, -0.2) is 0 Å². The lowest BCUT2D eigenvalue weighted by molar-refractivity contribution is 0.285. The molecule has 0 amide bonds. The second kappa shape index (κ2) is 9.00. The van der Waals surface area contributed by atoms with Crippen molar-refractivity contribution in [2.75, 3.05) is 13.1 Å². The monoisotopic (exact) mass is 226 g/mol. The van der Waals surface area contributed by atoms with Crippen LogP contribution in [0.15, 0.2) is 0 Å². The number of hydrogen-bond acceptors (Lipinski definition) is 2.